The van der Waals surface area contributed by atoms with Gasteiger partial charge < -0.3 is 4.98 Å². The van der Waals surface area contributed by atoms with E-state index < -0.39 is 15.7 Å². The molecule has 2 aromatic carbocycles. The molecule has 5 nitrogen and oxygen atoms in total. The molecule has 0 spiro atoms. The number of nitrogens with zero attached hydrogens (tertiary/aromatic N) is 1. The van der Waals surface area contributed by atoms with Gasteiger partial charge in [-0.05, 0) is 37.1 Å². The van der Waals surface area contributed by atoms with Crippen LogP contribution in [0, 0.1) is 6.92 Å². The summed E-state index contributed by atoms with van der Waals surface area (Å²) in [6.07, 6.45) is 0.337. The molecular weight excluding hydrogens is 336 g/mol. The predicted molar refractivity (Wildman–Crippen MR) is 91.6 cm³/mol. The van der Waals surface area contributed by atoms with Gasteiger partial charge in [0.25, 0.3) is 0 Å². The zero-order valence-electron chi connectivity index (χ0n) is 12.4. The zero-order valence-corrected chi connectivity index (χ0v) is 14.0. The Kier molecular flexibility index (Phi) is 4.04. The van der Waals surface area contributed by atoms with Gasteiger partial charge in [-0.2, -0.15) is 3.97 Å². The molecule has 1 aromatic heterocycles. The maximum Gasteiger partial charge on any atom is 0.340 e. The van der Waals surface area contributed by atoms with Crippen LogP contribution in [0.2, 0.25) is 5.02 Å². The van der Waals surface area contributed by atoms with Crippen molar-refractivity contribution in [2.45, 2.75) is 13.3 Å². The van der Waals surface area contributed by atoms with E-state index in [1.165, 1.54) is 6.07 Å². The third-order valence-corrected chi connectivity index (χ3v) is 5.49. The molecule has 0 saturated heterocycles. The number of imidazole rings is 1. The number of nitrogens with one attached hydrogen (secondary N) is 1. The van der Waals surface area contributed by atoms with Crippen molar-refractivity contribution in [3.8, 4) is 0 Å². The minimum absolute atomic E-state index is 0.157. The summed E-state index contributed by atoms with van der Waals surface area (Å²) in [4.78, 5) is 14.6. The van der Waals surface area contributed by atoms with Gasteiger partial charge in [0, 0.05) is 5.02 Å². The second kappa shape index (κ2) is 5.86. The molecule has 0 radical (unpaired) electrons. The fourth-order valence-electron chi connectivity index (χ4n) is 2.54. The Morgan fingerprint density at radius 3 is 2.70 bits per heavy atom. The van der Waals surface area contributed by atoms with Crippen molar-refractivity contribution in [2.75, 3.05) is 5.75 Å². The van der Waals surface area contributed by atoms with Crippen molar-refractivity contribution < 1.29 is 8.42 Å². The maximum absolute atomic E-state index is 12.6. The summed E-state index contributed by atoms with van der Waals surface area (Å²) in [6.45, 7) is 1.95. The number of aromatic amines is 1. The summed E-state index contributed by atoms with van der Waals surface area (Å²) >= 11 is 5.92. The number of halogens is 1. The highest BCUT2D eigenvalue weighted by Gasteiger charge is 2.20. The van der Waals surface area contributed by atoms with Crippen molar-refractivity contribution in [3.63, 3.8) is 0 Å². The molecule has 7 heteroatoms. The molecule has 0 atom stereocenters. The lowest BCUT2D eigenvalue weighted by Crippen LogP contribution is -2.28. The Balaban J connectivity index is 1.98. The fourth-order valence-corrected chi connectivity index (χ4v) is 4.13. The number of rotatable bonds is 4. The van der Waals surface area contributed by atoms with Gasteiger partial charge in [0.05, 0.1) is 16.8 Å². The fraction of sp³-hybridized carbons (Fsp3) is 0.188. The normalized spacial score (nSPS) is 11.9. The number of hydrogen-bond donors (Lipinski definition) is 1. The summed E-state index contributed by atoms with van der Waals surface area (Å²) in [5.41, 5.74) is 2.02. The van der Waals surface area contributed by atoms with Crippen molar-refractivity contribution in [1.29, 1.82) is 0 Å². The molecule has 0 bridgehead atoms. The summed E-state index contributed by atoms with van der Waals surface area (Å²) < 4.78 is 26.0. The molecule has 0 fully saturated rings. The van der Waals surface area contributed by atoms with Crippen molar-refractivity contribution in [2.24, 2.45) is 0 Å². The molecule has 3 aromatic rings. The van der Waals surface area contributed by atoms with Gasteiger partial charge in [-0.25, -0.2) is 13.2 Å². The molecule has 120 valence electrons. The molecule has 0 aliphatic heterocycles. The number of hydrogen-bond acceptors (Lipinski definition) is 3. The third kappa shape index (κ3) is 3.18. The molecule has 0 saturated carbocycles. The molecule has 3 rings (SSSR count). The highest BCUT2D eigenvalue weighted by Crippen LogP contribution is 2.18. The van der Waals surface area contributed by atoms with Gasteiger partial charge in [0.1, 0.15) is 0 Å². The van der Waals surface area contributed by atoms with E-state index in [-0.39, 0.29) is 11.3 Å². The van der Waals surface area contributed by atoms with E-state index in [4.69, 9.17) is 11.6 Å². The molecule has 1 heterocycles. The average molecular weight is 351 g/mol. The summed E-state index contributed by atoms with van der Waals surface area (Å²) in [7, 11) is -3.79. The average Bonchev–Trinajstić information content (AvgIpc) is 2.81. The van der Waals surface area contributed by atoms with E-state index in [1.807, 2.05) is 31.2 Å². The smallest absolute Gasteiger partial charge is 0.305 e. The van der Waals surface area contributed by atoms with E-state index in [2.05, 4.69) is 4.98 Å². The van der Waals surface area contributed by atoms with Crippen molar-refractivity contribution in [1.82, 2.24) is 8.96 Å². The lowest BCUT2D eigenvalue weighted by atomic mass is 10.1. The number of fused-ring (bicyclic) bond motifs is 1. The third-order valence-electron chi connectivity index (χ3n) is 3.61. The number of aromatic nitrogens is 2. The van der Waals surface area contributed by atoms with Gasteiger partial charge in [-0.15, -0.1) is 0 Å². The molecular formula is C16H15ClN2O3S. The Hall–Kier alpha value is -2.05. The van der Waals surface area contributed by atoms with Crippen LogP contribution in [0.4, 0.5) is 0 Å². The number of H-pyrrole nitrogens is 1. The minimum Gasteiger partial charge on any atom is -0.305 e. The standard InChI is InChI=1S/C16H15ClN2O3S/c1-11-3-2-4-12(9-11)7-8-23(21,22)19-15-10-13(17)5-6-14(15)18-16(19)20/h2-6,9-10H,7-8H2,1H3,(H,18,20). The van der Waals surface area contributed by atoms with E-state index >= 15 is 0 Å². The van der Waals surface area contributed by atoms with E-state index in [0.717, 1.165) is 15.1 Å². The Morgan fingerprint density at radius 2 is 1.96 bits per heavy atom. The molecule has 0 amide bonds. The van der Waals surface area contributed by atoms with Gasteiger partial charge in [-0.1, -0.05) is 41.4 Å². The first kappa shape index (κ1) is 15.8. The van der Waals surface area contributed by atoms with E-state index in [9.17, 15) is 13.2 Å². The lowest BCUT2D eigenvalue weighted by molar-refractivity contribution is 0.586. The van der Waals surface area contributed by atoms with Gasteiger partial charge >= 0.3 is 5.69 Å². The summed E-state index contributed by atoms with van der Waals surface area (Å²) in [5.74, 6) is -0.157. The molecule has 0 unspecified atom stereocenters. The maximum atomic E-state index is 12.6. The van der Waals surface area contributed by atoms with Crippen LogP contribution < -0.4 is 5.69 Å². The predicted octanol–water partition coefficient (Wildman–Crippen LogP) is 2.71. The summed E-state index contributed by atoms with van der Waals surface area (Å²) in [6, 6.07) is 12.3. The van der Waals surface area contributed by atoms with E-state index in [1.54, 1.807) is 12.1 Å². The molecule has 0 aliphatic carbocycles. The van der Waals surface area contributed by atoms with Gasteiger partial charge in [0.2, 0.25) is 10.0 Å². The first-order valence-corrected chi connectivity index (χ1v) is 9.04. The molecule has 1 N–H and O–H groups in total. The second-order valence-corrected chi connectivity index (χ2v) is 7.78. The highest BCUT2D eigenvalue weighted by molar-refractivity contribution is 7.90. The Labute approximate surface area is 138 Å². The molecule has 23 heavy (non-hydrogen) atoms. The van der Waals surface area contributed by atoms with Crippen LogP contribution in [0.1, 0.15) is 11.1 Å². The molecule has 0 aliphatic rings. The van der Waals surface area contributed by atoms with Crippen molar-refractivity contribution >= 4 is 32.7 Å². The zero-order chi connectivity index (χ0) is 16.6. The SMILES string of the molecule is Cc1cccc(CCS(=O)(=O)n2c(=O)[nH]c3ccc(Cl)cc32)c1. The monoisotopic (exact) mass is 350 g/mol. The first-order valence-electron chi connectivity index (χ1n) is 7.06. The Bertz CT molecular complexity index is 1030. The van der Waals surface area contributed by atoms with Crippen molar-refractivity contribution in [3.05, 3.63) is 69.1 Å². The minimum atomic E-state index is -3.79. The number of benzene rings is 2. The van der Waals surface area contributed by atoms with Crippen LogP contribution in [0.5, 0.6) is 0 Å². The highest BCUT2D eigenvalue weighted by atomic mass is 35.5. The van der Waals surface area contributed by atoms with Crippen LogP contribution in [0.3, 0.4) is 0 Å². The van der Waals surface area contributed by atoms with Crippen LogP contribution in [-0.4, -0.2) is 23.1 Å². The number of aryl methyl sites for hydroxylation is 2. The van der Waals surface area contributed by atoms with Crippen LogP contribution >= 0.6 is 11.6 Å². The van der Waals surface area contributed by atoms with E-state index in [0.29, 0.717) is 17.0 Å². The second-order valence-electron chi connectivity index (χ2n) is 5.41. The van der Waals surface area contributed by atoms with Gasteiger partial charge in [-0.3, -0.25) is 0 Å². The van der Waals surface area contributed by atoms with Crippen LogP contribution in [0.15, 0.2) is 47.3 Å². The summed E-state index contributed by atoms with van der Waals surface area (Å²) in [5, 5.41) is 0.374. The lowest BCUT2D eigenvalue weighted by Gasteiger charge is -2.07. The van der Waals surface area contributed by atoms with Crippen LogP contribution in [-0.2, 0) is 16.4 Å². The quantitative estimate of drug-likeness (QED) is 0.786. The van der Waals surface area contributed by atoms with Crippen LogP contribution in [0.25, 0.3) is 11.0 Å². The largest absolute Gasteiger partial charge is 0.340 e. The Morgan fingerprint density at radius 1 is 1.17 bits per heavy atom. The first-order chi connectivity index (χ1) is 10.9. The van der Waals surface area contributed by atoms with Gasteiger partial charge in [0.15, 0.2) is 0 Å². The topological polar surface area (TPSA) is 71.9 Å².